The van der Waals surface area contributed by atoms with Crippen LogP contribution in [0.2, 0.25) is 0 Å². The average molecular weight is 464 g/mol. The Balaban J connectivity index is 1.66. The third-order valence-electron chi connectivity index (χ3n) is 6.69. The van der Waals surface area contributed by atoms with Gasteiger partial charge in [0, 0.05) is 43.2 Å². The summed E-state index contributed by atoms with van der Waals surface area (Å²) in [7, 11) is 2.12. The first-order chi connectivity index (χ1) is 16.6. The first kappa shape index (κ1) is 24.4. The SMILES string of the molecule is CC/C=C/C(=C\N(C)CC)c1nn(C2=CC=CCC2)c(CNC(N[C@H]2CCCO2)=C2CC2)c1C. The van der Waals surface area contributed by atoms with Crippen LogP contribution in [-0.4, -0.2) is 41.1 Å². The summed E-state index contributed by atoms with van der Waals surface area (Å²) < 4.78 is 8.02. The molecule has 0 unspecified atom stereocenters. The molecule has 2 fully saturated rings. The molecule has 0 spiro atoms. The zero-order valence-electron chi connectivity index (χ0n) is 21.4. The summed E-state index contributed by atoms with van der Waals surface area (Å²) in [5, 5.41) is 12.5. The molecule has 6 nitrogen and oxygen atoms in total. The molecule has 34 heavy (non-hydrogen) atoms. The lowest BCUT2D eigenvalue weighted by Crippen LogP contribution is -2.35. The lowest BCUT2D eigenvalue weighted by atomic mass is 10.1. The van der Waals surface area contributed by atoms with E-state index in [1.165, 1.54) is 35.4 Å². The minimum absolute atomic E-state index is 0.127. The van der Waals surface area contributed by atoms with Crippen molar-refractivity contribution in [1.29, 1.82) is 0 Å². The van der Waals surface area contributed by atoms with E-state index in [0.717, 1.165) is 68.9 Å². The first-order valence-electron chi connectivity index (χ1n) is 13.0. The highest BCUT2D eigenvalue weighted by molar-refractivity contribution is 5.74. The minimum Gasteiger partial charge on any atom is -0.380 e. The van der Waals surface area contributed by atoms with Crippen molar-refractivity contribution >= 4 is 11.3 Å². The molecular formula is C28H41N5O. The van der Waals surface area contributed by atoms with Gasteiger partial charge in [-0.05, 0) is 70.4 Å². The van der Waals surface area contributed by atoms with Crippen molar-refractivity contribution < 1.29 is 4.74 Å². The van der Waals surface area contributed by atoms with E-state index in [2.05, 4.69) is 84.6 Å². The number of aromatic nitrogens is 2. The standard InChI is InChI=1S/C28H41N5O/c1-5-7-12-23(20-32(4)6-2)27-21(3)25(33(31-27)24-13-9-8-10-14-24)19-29-28(22-16-17-22)30-26-15-11-18-34-26/h7-9,12-13,20,26,29-30H,5-6,10-11,14-19H2,1-4H3/b12-7+,23-20+/t26-/m1/s1. The topological polar surface area (TPSA) is 54.4 Å². The van der Waals surface area contributed by atoms with Gasteiger partial charge in [0.1, 0.15) is 12.0 Å². The van der Waals surface area contributed by atoms with Crippen molar-refractivity contribution in [1.82, 2.24) is 25.3 Å². The van der Waals surface area contributed by atoms with Crippen molar-refractivity contribution in [3.05, 3.63) is 64.9 Å². The monoisotopic (exact) mass is 463 g/mol. The van der Waals surface area contributed by atoms with Gasteiger partial charge >= 0.3 is 0 Å². The summed E-state index contributed by atoms with van der Waals surface area (Å²) in [6, 6.07) is 0. The molecule has 1 aromatic rings. The van der Waals surface area contributed by atoms with Crippen LogP contribution in [0.5, 0.6) is 0 Å². The van der Waals surface area contributed by atoms with Gasteiger partial charge in [-0.1, -0.05) is 31.2 Å². The Labute approximate surface area is 205 Å². The number of hydrogen-bond acceptors (Lipinski definition) is 5. The fourth-order valence-corrected chi connectivity index (χ4v) is 4.39. The van der Waals surface area contributed by atoms with Gasteiger partial charge in [-0.2, -0.15) is 5.10 Å². The summed E-state index contributed by atoms with van der Waals surface area (Å²) >= 11 is 0. The number of allylic oxidation sites excluding steroid dienone is 8. The van der Waals surface area contributed by atoms with Crippen LogP contribution in [0.25, 0.3) is 11.3 Å². The normalized spacial score (nSPS) is 20.1. The Kier molecular flexibility index (Phi) is 8.33. The molecule has 4 rings (SSSR count). The lowest BCUT2D eigenvalue weighted by molar-refractivity contribution is 0.0905. The van der Waals surface area contributed by atoms with Gasteiger partial charge in [0.25, 0.3) is 0 Å². The summed E-state index contributed by atoms with van der Waals surface area (Å²) in [6.07, 6.45) is 21.0. The molecule has 1 saturated carbocycles. The van der Waals surface area contributed by atoms with Gasteiger partial charge < -0.3 is 20.3 Å². The predicted molar refractivity (Wildman–Crippen MR) is 141 cm³/mol. The predicted octanol–water partition coefficient (Wildman–Crippen LogP) is 5.46. The Morgan fingerprint density at radius 1 is 1.29 bits per heavy atom. The fraction of sp³-hybridized carbons (Fsp3) is 0.536. The van der Waals surface area contributed by atoms with Crippen LogP contribution in [-0.2, 0) is 11.3 Å². The van der Waals surface area contributed by atoms with Crippen molar-refractivity contribution in [2.24, 2.45) is 0 Å². The third kappa shape index (κ3) is 6.03. The van der Waals surface area contributed by atoms with E-state index in [-0.39, 0.29) is 6.23 Å². The number of hydrogen-bond donors (Lipinski definition) is 2. The zero-order valence-corrected chi connectivity index (χ0v) is 21.4. The van der Waals surface area contributed by atoms with E-state index < -0.39 is 0 Å². The van der Waals surface area contributed by atoms with E-state index in [1.807, 2.05) is 0 Å². The molecule has 184 valence electrons. The van der Waals surface area contributed by atoms with Crippen molar-refractivity contribution in [2.45, 2.75) is 78.5 Å². The maximum atomic E-state index is 5.84. The smallest absolute Gasteiger partial charge is 0.128 e. The molecule has 0 amide bonds. The molecule has 0 bridgehead atoms. The van der Waals surface area contributed by atoms with Crippen LogP contribution < -0.4 is 10.6 Å². The van der Waals surface area contributed by atoms with Gasteiger partial charge in [-0.25, -0.2) is 4.68 Å². The molecule has 1 saturated heterocycles. The van der Waals surface area contributed by atoms with Crippen LogP contribution in [0.3, 0.4) is 0 Å². The van der Waals surface area contributed by atoms with E-state index >= 15 is 0 Å². The van der Waals surface area contributed by atoms with Crippen LogP contribution >= 0.6 is 0 Å². The molecule has 0 aromatic carbocycles. The minimum atomic E-state index is 0.127. The molecule has 0 radical (unpaired) electrons. The molecule has 2 N–H and O–H groups in total. The van der Waals surface area contributed by atoms with Gasteiger partial charge in [0.05, 0.1) is 17.9 Å². The average Bonchev–Trinajstić information content (AvgIpc) is 3.48. The molecule has 1 aliphatic heterocycles. The van der Waals surface area contributed by atoms with Crippen LogP contribution in [0.15, 0.2) is 48.0 Å². The quantitative estimate of drug-likeness (QED) is 0.427. The van der Waals surface area contributed by atoms with E-state index in [4.69, 9.17) is 9.84 Å². The van der Waals surface area contributed by atoms with E-state index in [0.29, 0.717) is 0 Å². The van der Waals surface area contributed by atoms with Crippen molar-refractivity contribution in [3.8, 4) is 0 Å². The number of rotatable bonds is 11. The Hall–Kier alpha value is -2.73. The molecule has 3 aliphatic rings. The second-order valence-electron chi connectivity index (χ2n) is 9.40. The molecule has 1 aromatic heterocycles. The summed E-state index contributed by atoms with van der Waals surface area (Å²) in [5.41, 5.74) is 7.40. The fourth-order valence-electron chi connectivity index (χ4n) is 4.39. The summed E-state index contributed by atoms with van der Waals surface area (Å²) in [4.78, 5) is 2.22. The van der Waals surface area contributed by atoms with Gasteiger partial charge in [-0.15, -0.1) is 0 Å². The van der Waals surface area contributed by atoms with Gasteiger partial charge in [0.15, 0.2) is 0 Å². The van der Waals surface area contributed by atoms with Gasteiger partial charge in [-0.3, -0.25) is 0 Å². The van der Waals surface area contributed by atoms with Crippen LogP contribution in [0.1, 0.15) is 75.7 Å². The number of nitrogens with one attached hydrogen (secondary N) is 2. The second-order valence-corrected chi connectivity index (χ2v) is 9.40. The molecule has 2 heterocycles. The molecular weight excluding hydrogens is 422 g/mol. The zero-order chi connectivity index (χ0) is 23.9. The largest absolute Gasteiger partial charge is 0.380 e. The maximum absolute atomic E-state index is 5.84. The lowest BCUT2D eigenvalue weighted by Gasteiger charge is -2.20. The van der Waals surface area contributed by atoms with E-state index in [9.17, 15) is 0 Å². The van der Waals surface area contributed by atoms with Gasteiger partial charge in [0.2, 0.25) is 0 Å². The maximum Gasteiger partial charge on any atom is 0.128 e. The van der Waals surface area contributed by atoms with Crippen molar-refractivity contribution in [3.63, 3.8) is 0 Å². The number of nitrogens with zero attached hydrogens (tertiary/aromatic N) is 3. The molecule has 1 atom stereocenters. The summed E-state index contributed by atoms with van der Waals surface area (Å²) in [5.74, 6) is 1.16. The first-order valence-corrected chi connectivity index (χ1v) is 13.0. The molecule has 2 aliphatic carbocycles. The Morgan fingerprint density at radius 3 is 2.79 bits per heavy atom. The molecule has 6 heteroatoms. The second kappa shape index (κ2) is 11.6. The Bertz CT molecular complexity index is 998. The van der Waals surface area contributed by atoms with E-state index in [1.54, 1.807) is 0 Å². The van der Waals surface area contributed by atoms with Crippen molar-refractivity contribution in [2.75, 3.05) is 20.2 Å². The highest BCUT2D eigenvalue weighted by Gasteiger charge is 2.24. The Morgan fingerprint density at radius 2 is 2.15 bits per heavy atom. The highest BCUT2D eigenvalue weighted by Crippen LogP contribution is 2.31. The van der Waals surface area contributed by atoms with Crippen LogP contribution in [0, 0.1) is 6.92 Å². The van der Waals surface area contributed by atoms with Crippen LogP contribution in [0.4, 0.5) is 0 Å². The number of ether oxygens (including phenoxy) is 1. The highest BCUT2D eigenvalue weighted by atomic mass is 16.5. The third-order valence-corrected chi connectivity index (χ3v) is 6.69. The summed E-state index contributed by atoms with van der Waals surface area (Å²) in [6.45, 7) is 9.10.